The first-order valence-corrected chi connectivity index (χ1v) is 5.53. The van der Waals surface area contributed by atoms with Crippen LogP contribution in [-0.2, 0) is 0 Å². The minimum Gasteiger partial charge on any atom is -0.314 e. The Kier molecular flexibility index (Phi) is 4.07. The average molecular weight is 169 g/mol. The summed E-state index contributed by atoms with van der Waals surface area (Å²) < 4.78 is 0. The first-order chi connectivity index (χ1) is 5.79. The summed E-state index contributed by atoms with van der Waals surface area (Å²) in [5, 5.41) is 3.61. The number of nitrogens with one attached hydrogen (secondary N) is 1. The van der Waals surface area contributed by atoms with Crippen LogP contribution in [0.2, 0.25) is 0 Å². The van der Waals surface area contributed by atoms with E-state index in [0.29, 0.717) is 0 Å². The van der Waals surface area contributed by atoms with Gasteiger partial charge in [0.15, 0.2) is 0 Å². The van der Waals surface area contributed by atoms with Crippen molar-refractivity contribution in [1.29, 1.82) is 0 Å². The van der Waals surface area contributed by atoms with Crippen molar-refractivity contribution >= 4 is 0 Å². The smallest absolute Gasteiger partial charge is 0.00927 e. The Bertz CT molecular complexity index is 120. The minimum atomic E-state index is 0.787. The Balaban J connectivity index is 2.41. The van der Waals surface area contributed by atoms with Gasteiger partial charge in [0, 0.05) is 6.04 Å². The zero-order valence-electron chi connectivity index (χ0n) is 8.77. The van der Waals surface area contributed by atoms with Crippen molar-refractivity contribution in [3.05, 3.63) is 0 Å². The maximum absolute atomic E-state index is 3.61. The van der Waals surface area contributed by atoms with Crippen molar-refractivity contribution in [3.8, 4) is 0 Å². The van der Waals surface area contributed by atoms with Gasteiger partial charge in [-0.2, -0.15) is 0 Å². The molecule has 1 fully saturated rings. The lowest BCUT2D eigenvalue weighted by molar-refractivity contribution is 0.189. The Morgan fingerprint density at radius 3 is 2.67 bits per heavy atom. The molecule has 1 N–H and O–H groups in total. The summed E-state index contributed by atoms with van der Waals surface area (Å²) >= 11 is 0. The van der Waals surface area contributed by atoms with Crippen molar-refractivity contribution in [2.45, 2.75) is 52.5 Å². The molecular weight excluding hydrogens is 146 g/mol. The zero-order chi connectivity index (χ0) is 8.97. The van der Waals surface area contributed by atoms with Gasteiger partial charge in [-0.05, 0) is 31.2 Å². The second-order valence-electron chi connectivity index (χ2n) is 4.17. The van der Waals surface area contributed by atoms with Crippen LogP contribution in [0.5, 0.6) is 0 Å². The third-order valence-corrected chi connectivity index (χ3v) is 3.40. The lowest BCUT2D eigenvalue weighted by atomic mass is 9.79. The predicted octanol–water partition coefficient (Wildman–Crippen LogP) is 2.81. The highest BCUT2D eigenvalue weighted by Gasteiger charge is 2.27. The molecule has 1 saturated heterocycles. The molecule has 1 heterocycles. The van der Waals surface area contributed by atoms with Crippen LogP contribution in [0.15, 0.2) is 0 Å². The van der Waals surface area contributed by atoms with E-state index >= 15 is 0 Å². The molecular formula is C11H23N. The van der Waals surface area contributed by atoms with E-state index in [2.05, 4.69) is 26.1 Å². The van der Waals surface area contributed by atoms with Crippen molar-refractivity contribution in [2.24, 2.45) is 11.8 Å². The Hall–Kier alpha value is -0.0400. The van der Waals surface area contributed by atoms with Crippen LogP contribution in [0, 0.1) is 11.8 Å². The molecule has 72 valence electrons. The van der Waals surface area contributed by atoms with Gasteiger partial charge in [0.2, 0.25) is 0 Å². The lowest BCUT2D eigenvalue weighted by Gasteiger charge is -2.36. The third-order valence-electron chi connectivity index (χ3n) is 3.40. The summed E-state index contributed by atoms with van der Waals surface area (Å²) in [5.74, 6) is 1.88. The summed E-state index contributed by atoms with van der Waals surface area (Å²) in [6, 6.07) is 0.787. The number of hydrogen-bond donors (Lipinski definition) is 1. The summed E-state index contributed by atoms with van der Waals surface area (Å²) in [7, 11) is 0. The fourth-order valence-corrected chi connectivity index (χ4v) is 2.53. The molecule has 0 amide bonds. The van der Waals surface area contributed by atoms with Crippen LogP contribution >= 0.6 is 0 Å². The summed E-state index contributed by atoms with van der Waals surface area (Å²) in [6.07, 6.45) is 5.47. The normalized spacial score (nSPS) is 36.8. The maximum Gasteiger partial charge on any atom is 0.00927 e. The molecule has 1 aliphatic rings. The molecule has 0 aromatic heterocycles. The molecule has 0 spiro atoms. The SMILES string of the molecule is CCCC1CCNC(CC)C1C. The Morgan fingerprint density at radius 2 is 2.08 bits per heavy atom. The Labute approximate surface area is 76.9 Å². The van der Waals surface area contributed by atoms with Crippen LogP contribution in [0.4, 0.5) is 0 Å². The first kappa shape index (κ1) is 10.0. The van der Waals surface area contributed by atoms with Crippen molar-refractivity contribution in [1.82, 2.24) is 5.32 Å². The molecule has 12 heavy (non-hydrogen) atoms. The molecule has 3 atom stereocenters. The molecule has 0 aromatic carbocycles. The van der Waals surface area contributed by atoms with E-state index in [4.69, 9.17) is 0 Å². The van der Waals surface area contributed by atoms with Crippen molar-refractivity contribution < 1.29 is 0 Å². The molecule has 3 unspecified atom stereocenters. The zero-order valence-corrected chi connectivity index (χ0v) is 8.77. The molecule has 1 nitrogen and oxygen atoms in total. The van der Waals surface area contributed by atoms with Crippen molar-refractivity contribution in [2.75, 3.05) is 6.54 Å². The maximum atomic E-state index is 3.61. The van der Waals surface area contributed by atoms with Gasteiger partial charge in [-0.3, -0.25) is 0 Å². The van der Waals surface area contributed by atoms with Crippen LogP contribution < -0.4 is 5.32 Å². The summed E-state index contributed by atoms with van der Waals surface area (Å²) in [5.41, 5.74) is 0. The second-order valence-corrected chi connectivity index (χ2v) is 4.17. The quantitative estimate of drug-likeness (QED) is 0.685. The van der Waals surface area contributed by atoms with Gasteiger partial charge < -0.3 is 5.32 Å². The van der Waals surface area contributed by atoms with Crippen LogP contribution in [0.1, 0.15) is 46.5 Å². The predicted molar refractivity (Wildman–Crippen MR) is 54.3 cm³/mol. The highest BCUT2D eigenvalue weighted by Crippen LogP contribution is 2.28. The third kappa shape index (κ3) is 2.22. The minimum absolute atomic E-state index is 0.787. The van der Waals surface area contributed by atoms with E-state index in [1.807, 2.05) is 0 Å². The van der Waals surface area contributed by atoms with Gasteiger partial charge in [0.1, 0.15) is 0 Å². The topological polar surface area (TPSA) is 12.0 Å². The first-order valence-electron chi connectivity index (χ1n) is 5.53. The van der Waals surface area contributed by atoms with Gasteiger partial charge >= 0.3 is 0 Å². The van der Waals surface area contributed by atoms with E-state index in [0.717, 1.165) is 17.9 Å². The van der Waals surface area contributed by atoms with Gasteiger partial charge in [-0.25, -0.2) is 0 Å². The van der Waals surface area contributed by atoms with E-state index in [9.17, 15) is 0 Å². The van der Waals surface area contributed by atoms with E-state index in [1.54, 1.807) is 0 Å². The number of rotatable bonds is 3. The fraction of sp³-hybridized carbons (Fsp3) is 1.00. The Morgan fingerprint density at radius 1 is 1.33 bits per heavy atom. The van der Waals surface area contributed by atoms with E-state index in [1.165, 1.54) is 32.2 Å². The average Bonchev–Trinajstić information content (AvgIpc) is 2.09. The fourth-order valence-electron chi connectivity index (χ4n) is 2.53. The summed E-state index contributed by atoms with van der Waals surface area (Å²) in [6.45, 7) is 8.26. The largest absolute Gasteiger partial charge is 0.314 e. The van der Waals surface area contributed by atoms with Crippen LogP contribution in [0.3, 0.4) is 0 Å². The molecule has 0 radical (unpaired) electrons. The molecule has 1 heteroatoms. The summed E-state index contributed by atoms with van der Waals surface area (Å²) in [4.78, 5) is 0. The number of piperidine rings is 1. The molecule has 0 saturated carbocycles. The molecule has 1 rings (SSSR count). The van der Waals surface area contributed by atoms with Crippen LogP contribution in [-0.4, -0.2) is 12.6 Å². The van der Waals surface area contributed by atoms with Crippen molar-refractivity contribution in [3.63, 3.8) is 0 Å². The highest BCUT2D eigenvalue weighted by molar-refractivity contribution is 4.83. The monoisotopic (exact) mass is 169 g/mol. The number of hydrogen-bond acceptors (Lipinski definition) is 1. The van der Waals surface area contributed by atoms with E-state index in [-0.39, 0.29) is 0 Å². The molecule has 0 aromatic rings. The van der Waals surface area contributed by atoms with Gasteiger partial charge in [0.05, 0.1) is 0 Å². The standard InChI is InChI=1S/C11H23N/c1-4-6-10-7-8-12-11(5-2)9(10)3/h9-12H,4-8H2,1-3H3. The molecule has 0 aliphatic carbocycles. The van der Waals surface area contributed by atoms with Crippen LogP contribution in [0.25, 0.3) is 0 Å². The lowest BCUT2D eigenvalue weighted by Crippen LogP contribution is -2.44. The molecule has 0 bridgehead atoms. The second kappa shape index (κ2) is 4.86. The van der Waals surface area contributed by atoms with Gasteiger partial charge in [0.25, 0.3) is 0 Å². The van der Waals surface area contributed by atoms with Gasteiger partial charge in [-0.1, -0.05) is 33.6 Å². The van der Waals surface area contributed by atoms with Gasteiger partial charge in [-0.15, -0.1) is 0 Å². The molecule has 1 aliphatic heterocycles. The highest BCUT2D eigenvalue weighted by atomic mass is 14.9. The van der Waals surface area contributed by atoms with E-state index < -0.39 is 0 Å².